The van der Waals surface area contributed by atoms with Crippen molar-refractivity contribution < 1.29 is 9.90 Å². The Morgan fingerprint density at radius 3 is 2.59 bits per heavy atom. The number of hydrogen-bond acceptors (Lipinski definition) is 5. The van der Waals surface area contributed by atoms with Gasteiger partial charge in [0.1, 0.15) is 0 Å². The fourth-order valence-electron chi connectivity index (χ4n) is 2.87. The summed E-state index contributed by atoms with van der Waals surface area (Å²) in [6.45, 7) is 2.39. The van der Waals surface area contributed by atoms with Crippen molar-refractivity contribution in [1.29, 1.82) is 0 Å². The maximum atomic E-state index is 11.6. The quantitative estimate of drug-likeness (QED) is 0.936. The summed E-state index contributed by atoms with van der Waals surface area (Å²) in [5.41, 5.74) is 0.0927. The van der Waals surface area contributed by atoms with Crippen LogP contribution in [0.5, 0.6) is 0 Å². The van der Waals surface area contributed by atoms with Crippen molar-refractivity contribution >= 4 is 11.9 Å². The van der Waals surface area contributed by atoms with E-state index < -0.39 is 11.4 Å². The van der Waals surface area contributed by atoms with E-state index in [0.29, 0.717) is 25.3 Å². The first kappa shape index (κ1) is 14.4. The van der Waals surface area contributed by atoms with Crippen molar-refractivity contribution in [2.45, 2.75) is 25.8 Å². The third-order valence-electron chi connectivity index (χ3n) is 4.28. The predicted octanol–water partition coefficient (Wildman–Crippen LogP) is 2.30. The van der Waals surface area contributed by atoms with E-state index in [1.165, 1.54) is 0 Å². The molecular weight excluding hydrogens is 280 g/mol. The van der Waals surface area contributed by atoms with Gasteiger partial charge in [0.25, 0.3) is 0 Å². The van der Waals surface area contributed by atoms with Gasteiger partial charge in [-0.15, -0.1) is 0 Å². The Balaban J connectivity index is 1.98. The van der Waals surface area contributed by atoms with Gasteiger partial charge in [-0.2, -0.15) is 0 Å². The highest BCUT2D eigenvalue weighted by molar-refractivity contribution is 5.74. The molecule has 3 rings (SSSR count). The number of rotatable bonds is 3. The molecule has 1 N–H and O–H groups in total. The molecule has 2 atom stereocenters. The summed E-state index contributed by atoms with van der Waals surface area (Å²) in [4.78, 5) is 26.7. The number of carbonyl (C=O) groups is 1. The lowest BCUT2D eigenvalue weighted by Gasteiger charge is -2.42. The van der Waals surface area contributed by atoms with Crippen molar-refractivity contribution in [3.8, 4) is 0 Å². The lowest BCUT2D eigenvalue weighted by atomic mass is 9.76. The Morgan fingerprint density at radius 2 is 1.95 bits per heavy atom. The van der Waals surface area contributed by atoms with Crippen molar-refractivity contribution in [2.24, 2.45) is 5.41 Å². The van der Waals surface area contributed by atoms with Gasteiger partial charge in [-0.1, -0.05) is 6.07 Å². The Labute approximate surface area is 128 Å². The second kappa shape index (κ2) is 5.71. The number of aromatic nitrogens is 3. The summed E-state index contributed by atoms with van der Waals surface area (Å²) in [6, 6.07) is 7.32. The van der Waals surface area contributed by atoms with Crippen LogP contribution < -0.4 is 4.90 Å². The molecule has 0 radical (unpaired) electrons. The van der Waals surface area contributed by atoms with Crippen molar-refractivity contribution in [1.82, 2.24) is 15.0 Å². The second-order valence-electron chi connectivity index (χ2n) is 5.83. The molecule has 0 aromatic carbocycles. The van der Waals surface area contributed by atoms with E-state index in [9.17, 15) is 9.90 Å². The van der Waals surface area contributed by atoms with Gasteiger partial charge in [-0.25, -0.2) is 9.97 Å². The minimum atomic E-state index is -0.762. The summed E-state index contributed by atoms with van der Waals surface area (Å²) in [6.07, 6.45) is 6.17. The normalized spacial score (nSPS) is 25.0. The second-order valence-corrected chi connectivity index (χ2v) is 5.83. The molecule has 1 saturated heterocycles. The molecule has 114 valence electrons. The van der Waals surface area contributed by atoms with E-state index in [2.05, 4.69) is 15.0 Å². The molecule has 2 unspecified atom stereocenters. The fourth-order valence-corrected chi connectivity index (χ4v) is 2.87. The van der Waals surface area contributed by atoms with Gasteiger partial charge in [0, 0.05) is 25.1 Å². The molecule has 6 nitrogen and oxygen atoms in total. The first-order chi connectivity index (χ1) is 10.6. The van der Waals surface area contributed by atoms with Crippen LogP contribution in [-0.2, 0) is 4.79 Å². The maximum Gasteiger partial charge on any atom is 0.309 e. The largest absolute Gasteiger partial charge is 0.481 e. The number of anilines is 1. The summed E-state index contributed by atoms with van der Waals surface area (Å²) in [7, 11) is 0. The molecule has 0 saturated carbocycles. The third-order valence-corrected chi connectivity index (χ3v) is 4.28. The zero-order chi connectivity index (χ0) is 15.6. The van der Waals surface area contributed by atoms with E-state index in [4.69, 9.17) is 0 Å². The van der Waals surface area contributed by atoms with Crippen molar-refractivity contribution in [2.75, 3.05) is 11.4 Å². The highest BCUT2D eigenvalue weighted by Gasteiger charge is 2.43. The Bertz CT molecular complexity index is 650. The molecule has 0 amide bonds. The highest BCUT2D eigenvalue weighted by atomic mass is 16.4. The lowest BCUT2D eigenvalue weighted by Crippen LogP contribution is -2.45. The van der Waals surface area contributed by atoms with Gasteiger partial charge in [-0.05, 0) is 38.0 Å². The number of pyridine rings is 1. The van der Waals surface area contributed by atoms with Gasteiger partial charge in [0.2, 0.25) is 5.95 Å². The summed E-state index contributed by atoms with van der Waals surface area (Å²) in [5.74, 6) is -0.146. The molecule has 6 heteroatoms. The van der Waals surface area contributed by atoms with Crippen LogP contribution in [0, 0.1) is 5.41 Å². The minimum absolute atomic E-state index is 0.140. The molecule has 0 bridgehead atoms. The van der Waals surface area contributed by atoms with Crippen LogP contribution in [0.4, 0.5) is 5.95 Å². The number of piperidine rings is 1. The average Bonchev–Trinajstić information content (AvgIpc) is 2.56. The van der Waals surface area contributed by atoms with Gasteiger partial charge in [0.05, 0.1) is 17.2 Å². The zero-order valence-electron chi connectivity index (χ0n) is 12.4. The van der Waals surface area contributed by atoms with Crippen molar-refractivity contribution in [3.63, 3.8) is 0 Å². The summed E-state index contributed by atoms with van der Waals surface area (Å²) in [5, 5.41) is 9.55. The van der Waals surface area contributed by atoms with Crippen LogP contribution in [0.25, 0.3) is 0 Å². The number of carboxylic acids is 1. The van der Waals surface area contributed by atoms with Crippen LogP contribution in [-0.4, -0.2) is 32.6 Å². The number of carboxylic acid groups (broad SMARTS) is 1. The molecule has 1 aliphatic rings. The topological polar surface area (TPSA) is 79.2 Å². The monoisotopic (exact) mass is 298 g/mol. The Kier molecular flexibility index (Phi) is 3.75. The van der Waals surface area contributed by atoms with Crippen LogP contribution in [0.3, 0.4) is 0 Å². The Hall–Kier alpha value is -2.50. The van der Waals surface area contributed by atoms with E-state index in [1.54, 1.807) is 31.6 Å². The average molecular weight is 298 g/mol. The lowest BCUT2D eigenvalue weighted by molar-refractivity contribution is -0.149. The smallest absolute Gasteiger partial charge is 0.309 e. The zero-order valence-corrected chi connectivity index (χ0v) is 12.4. The van der Waals surface area contributed by atoms with E-state index >= 15 is 0 Å². The maximum absolute atomic E-state index is 11.6. The van der Waals surface area contributed by atoms with Crippen LogP contribution in [0.15, 0.2) is 42.9 Å². The number of aliphatic carboxylic acids is 1. The number of hydrogen-bond donors (Lipinski definition) is 1. The van der Waals surface area contributed by atoms with Gasteiger partial charge < -0.3 is 10.0 Å². The fraction of sp³-hybridized carbons (Fsp3) is 0.375. The number of nitrogens with zero attached hydrogens (tertiary/aromatic N) is 4. The van der Waals surface area contributed by atoms with Crippen molar-refractivity contribution in [3.05, 3.63) is 48.5 Å². The minimum Gasteiger partial charge on any atom is -0.481 e. The highest BCUT2D eigenvalue weighted by Crippen LogP contribution is 2.42. The van der Waals surface area contributed by atoms with Gasteiger partial charge >= 0.3 is 5.97 Å². The van der Waals surface area contributed by atoms with Crippen LogP contribution in [0.1, 0.15) is 31.5 Å². The van der Waals surface area contributed by atoms with Gasteiger partial charge in [-0.3, -0.25) is 9.78 Å². The first-order valence-electron chi connectivity index (χ1n) is 7.28. The first-order valence-corrected chi connectivity index (χ1v) is 7.28. The molecule has 22 heavy (non-hydrogen) atoms. The van der Waals surface area contributed by atoms with E-state index in [1.807, 2.05) is 23.1 Å². The standard InChI is InChI=1S/C16H18N4O2/c1-16(14(21)22)6-10-20(15-18-8-4-9-19-15)13(11-16)12-5-2-3-7-17-12/h2-5,7-9,13H,6,10-11H2,1H3,(H,21,22). The molecule has 1 fully saturated rings. The summed E-state index contributed by atoms with van der Waals surface area (Å²) < 4.78 is 0. The molecule has 0 aliphatic carbocycles. The molecule has 2 aromatic rings. The molecule has 3 heterocycles. The van der Waals surface area contributed by atoms with E-state index in [-0.39, 0.29) is 6.04 Å². The third kappa shape index (κ3) is 2.64. The molecule has 1 aliphatic heterocycles. The van der Waals surface area contributed by atoms with E-state index in [0.717, 1.165) is 5.69 Å². The predicted molar refractivity (Wildman–Crippen MR) is 81.3 cm³/mol. The summed E-state index contributed by atoms with van der Waals surface area (Å²) >= 11 is 0. The Morgan fingerprint density at radius 1 is 1.23 bits per heavy atom. The SMILES string of the molecule is CC1(C(=O)O)CCN(c2ncccn2)C(c2ccccn2)C1. The van der Waals surface area contributed by atoms with Crippen LogP contribution in [0.2, 0.25) is 0 Å². The van der Waals surface area contributed by atoms with Gasteiger partial charge in [0.15, 0.2) is 0 Å². The molecule has 0 spiro atoms. The van der Waals surface area contributed by atoms with Crippen LogP contribution >= 0.6 is 0 Å². The molecular formula is C16H18N4O2. The molecule has 2 aromatic heterocycles.